The number of alkyl halides is 6. The van der Waals surface area contributed by atoms with Gasteiger partial charge in [0.2, 0.25) is 5.95 Å². The predicted octanol–water partition coefficient (Wildman–Crippen LogP) is 6.05. The van der Waals surface area contributed by atoms with E-state index in [1.165, 1.54) is 12.3 Å². The summed E-state index contributed by atoms with van der Waals surface area (Å²) in [4.78, 5) is 3.61. The van der Waals surface area contributed by atoms with E-state index in [9.17, 15) is 30.7 Å². The summed E-state index contributed by atoms with van der Waals surface area (Å²) in [7, 11) is 0. The first kappa shape index (κ1) is 22.5. The van der Waals surface area contributed by atoms with Gasteiger partial charge in [-0.1, -0.05) is 11.3 Å². The fourth-order valence-corrected chi connectivity index (χ4v) is 3.55. The largest absolute Gasteiger partial charge is 0.416 e. The van der Waals surface area contributed by atoms with Gasteiger partial charge in [0.1, 0.15) is 11.4 Å². The molecule has 0 saturated carbocycles. The number of hydrogen-bond donors (Lipinski definition) is 1. The minimum atomic E-state index is -5.00. The van der Waals surface area contributed by atoms with Crippen LogP contribution in [0, 0.1) is 5.95 Å². The molecule has 1 N–H and O–H groups in total. The number of benzene rings is 2. The maximum absolute atomic E-state index is 14.1. The molecule has 0 fully saturated rings. The maximum Gasteiger partial charge on any atom is 0.416 e. The number of fused-ring (bicyclic) bond motifs is 1. The van der Waals surface area contributed by atoms with Crippen LogP contribution in [0.15, 0.2) is 60.9 Å². The number of rotatable bonds is 3. The van der Waals surface area contributed by atoms with E-state index in [0.29, 0.717) is 28.6 Å². The molecule has 13 heteroatoms. The Labute approximate surface area is 191 Å². The van der Waals surface area contributed by atoms with Crippen molar-refractivity contribution in [2.24, 2.45) is 0 Å². The van der Waals surface area contributed by atoms with Crippen LogP contribution in [0.5, 0.6) is 0 Å². The summed E-state index contributed by atoms with van der Waals surface area (Å²) in [6, 6.07) is 9.10. The second-order valence-electron chi connectivity index (χ2n) is 7.49. The molecule has 0 bridgehead atoms. The van der Waals surface area contributed by atoms with Gasteiger partial charge in [0, 0.05) is 17.1 Å². The molecule has 0 amide bonds. The molecular formula is C22H11F7N6. The second kappa shape index (κ2) is 7.89. The van der Waals surface area contributed by atoms with E-state index in [4.69, 9.17) is 0 Å². The van der Waals surface area contributed by atoms with Gasteiger partial charge in [-0.05, 0) is 48.0 Å². The monoisotopic (exact) mass is 492 g/mol. The van der Waals surface area contributed by atoms with Gasteiger partial charge < -0.3 is 0 Å². The van der Waals surface area contributed by atoms with E-state index in [1.54, 1.807) is 24.3 Å². The SMILES string of the molecule is Fc1ncccc1-c1ccc2[nH]nc(-c3cn(-c4cc(C(F)(F)F)cc(C(F)(F)F)c4)nn3)c2c1. The summed E-state index contributed by atoms with van der Waals surface area (Å²) >= 11 is 0. The highest BCUT2D eigenvalue weighted by Crippen LogP contribution is 2.37. The fraction of sp³-hybridized carbons (Fsp3) is 0.0909. The molecule has 0 aliphatic rings. The zero-order valence-corrected chi connectivity index (χ0v) is 17.2. The standard InChI is InChI=1S/C22H11F7N6/c23-20-15(2-1-5-30-20)11-3-4-17-16(6-11)19(33-31-17)18-10-35(34-32-18)14-8-12(21(24,25)26)7-13(9-14)22(27,28)29/h1-10H,(H,31,33). The van der Waals surface area contributed by atoms with Crippen LogP contribution in [0.25, 0.3) is 39.1 Å². The molecule has 0 unspecified atom stereocenters. The van der Waals surface area contributed by atoms with Crippen LogP contribution in [0.2, 0.25) is 0 Å². The van der Waals surface area contributed by atoms with E-state index in [2.05, 4.69) is 25.5 Å². The molecule has 3 aromatic heterocycles. The number of nitrogens with zero attached hydrogens (tertiary/aromatic N) is 5. The van der Waals surface area contributed by atoms with Crippen LogP contribution in [0.4, 0.5) is 30.7 Å². The molecule has 0 spiro atoms. The highest BCUT2D eigenvalue weighted by atomic mass is 19.4. The second-order valence-corrected chi connectivity index (χ2v) is 7.49. The molecule has 0 radical (unpaired) electrons. The number of hydrogen-bond acceptors (Lipinski definition) is 4. The van der Waals surface area contributed by atoms with Crippen molar-refractivity contribution in [3.8, 4) is 28.2 Å². The first-order valence-corrected chi connectivity index (χ1v) is 9.82. The van der Waals surface area contributed by atoms with Gasteiger partial charge in [0.15, 0.2) is 0 Å². The number of pyridine rings is 1. The molecule has 5 aromatic rings. The van der Waals surface area contributed by atoms with Gasteiger partial charge >= 0.3 is 12.4 Å². The molecule has 35 heavy (non-hydrogen) atoms. The summed E-state index contributed by atoms with van der Waals surface area (Å²) in [5.41, 5.74) is -1.89. The van der Waals surface area contributed by atoms with Gasteiger partial charge in [0.25, 0.3) is 0 Å². The summed E-state index contributed by atoms with van der Waals surface area (Å²) in [5.74, 6) is -0.687. The molecule has 6 nitrogen and oxygen atoms in total. The average molecular weight is 492 g/mol. The maximum atomic E-state index is 14.1. The van der Waals surface area contributed by atoms with E-state index in [0.717, 1.165) is 10.9 Å². The van der Waals surface area contributed by atoms with Crippen molar-refractivity contribution in [1.82, 2.24) is 30.2 Å². The number of aromatic amines is 1. The van der Waals surface area contributed by atoms with Crippen molar-refractivity contribution in [3.63, 3.8) is 0 Å². The third kappa shape index (κ3) is 4.20. The van der Waals surface area contributed by atoms with Crippen molar-refractivity contribution in [2.75, 3.05) is 0 Å². The first-order valence-electron chi connectivity index (χ1n) is 9.82. The molecule has 2 aromatic carbocycles. The van der Waals surface area contributed by atoms with Crippen molar-refractivity contribution in [3.05, 3.63) is 78.0 Å². The van der Waals surface area contributed by atoms with E-state index < -0.39 is 35.1 Å². The molecule has 178 valence electrons. The number of aromatic nitrogens is 6. The molecule has 0 aliphatic carbocycles. The number of halogens is 7. The zero-order chi connectivity index (χ0) is 25.0. The van der Waals surface area contributed by atoms with Crippen LogP contribution in [-0.2, 0) is 12.4 Å². The third-order valence-electron chi connectivity index (χ3n) is 5.21. The van der Waals surface area contributed by atoms with E-state index in [1.807, 2.05) is 0 Å². The van der Waals surface area contributed by atoms with Gasteiger partial charge in [0.05, 0.1) is 28.5 Å². The molecule has 0 atom stereocenters. The lowest BCUT2D eigenvalue weighted by atomic mass is 10.0. The van der Waals surface area contributed by atoms with Gasteiger partial charge in [-0.15, -0.1) is 5.10 Å². The number of H-pyrrole nitrogens is 1. The van der Waals surface area contributed by atoms with Crippen LogP contribution in [0.1, 0.15) is 11.1 Å². The quantitative estimate of drug-likeness (QED) is 0.246. The molecule has 0 saturated heterocycles. The Morgan fingerprint density at radius 1 is 0.857 bits per heavy atom. The van der Waals surface area contributed by atoms with Crippen molar-refractivity contribution >= 4 is 10.9 Å². The highest BCUT2D eigenvalue weighted by molar-refractivity contribution is 5.94. The lowest BCUT2D eigenvalue weighted by Crippen LogP contribution is -2.12. The summed E-state index contributed by atoms with van der Waals surface area (Å²) < 4.78 is 94.1. The zero-order valence-electron chi connectivity index (χ0n) is 17.2. The van der Waals surface area contributed by atoms with Gasteiger partial charge in [-0.3, -0.25) is 5.10 Å². The average Bonchev–Trinajstić information content (AvgIpc) is 3.44. The van der Waals surface area contributed by atoms with Crippen molar-refractivity contribution < 1.29 is 30.7 Å². The minimum Gasteiger partial charge on any atom is -0.277 e. The molecule has 0 aliphatic heterocycles. The van der Waals surface area contributed by atoms with Gasteiger partial charge in [-0.25, -0.2) is 9.67 Å². The van der Waals surface area contributed by atoms with Crippen molar-refractivity contribution in [2.45, 2.75) is 12.4 Å². The Morgan fingerprint density at radius 2 is 1.57 bits per heavy atom. The molecule has 5 rings (SSSR count). The lowest BCUT2D eigenvalue weighted by molar-refractivity contribution is -0.143. The highest BCUT2D eigenvalue weighted by Gasteiger charge is 2.37. The smallest absolute Gasteiger partial charge is 0.277 e. The van der Waals surface area contributed by atoms with Crippen LogP contribution < -0.4 is 0 Å². The third-order valence-corrected chi connectivity index (χ3v) is 5.21. The van der Waals surface area contributed by atoms with Crippen molar-refractivity contribution in [1.29, 1.82) is 0 Å². The predicted molar refractivity (Wildman–Crippen MR) is 110 cm³/mol. The Bertz CT molecular complexity index is 1520. The topological polar surface area (TPSA) is 72.3 Å². The van der Waals surface area contributed by atoms with Gasteiger partial charge in [-0.2, -0.15) is 35.8 Å². The summed E-state index contributed by atoms with van der Waals surface area (Å²) in [6.45, 7) is 0. The normalized spacial score (nSPS) is 12.4. The Morgan fingerprint density at radius 3 is 2.23 bits per heavy atom. The summed E-state index contributed by atoms with van der Waals surface area (Å²) in [6.07, 6.45) is -7.55. The van der Waals surface area contributed by atoms with Crippen LogP contribution in [-0.4, -0.2) is 30.2 Å². The first-order chi connectivity index (χ1) is 16.5. The van der Waals surface area contributed by atoms with E-state index in [-0.39, 0.29) is 23.0 Å². The fourth-order valence-electron chi connectivity index (χ4n) is 3.55. The van der Waals surface area contributed by atoms with Crippen LogP contribution in [0.3, 0.4) is 0 Å². The van der Waals surface area contributed by atoms with Crippen LogP contribution >= 0.6 is 0 Å². The summed E-state index contributed by atoms with van der Waals surface area (Å²) in [5, 5.41) is 14.9. The molecule has 3 heterocycles. The number of nitrogens with one attached hydrogen (secondary N) is 1. The Balaban J connectivity index is 1.59. The Hall–Kier alpha value is -4.29. The minimum absolute atomic E-state index is 0.0294. The lowest BCUT2D eigenvalue weighted by Gasteiger charge is -2.13. The Kier molecular flexibility index (Phi) is 5.07. The molecular weight excluding hydrogens is 481 g/mol. The van der Waals surface area contributed by atoms with E-state index >= 15 is 0 Å².